The van der Waals surface area contributed by atoms with Crippen molar-refractivity contribution in [3.8, 4) is 5.75 Å². The maximum atomic E-state index is 11.8. The molecule has 4 nitrogen and oxygen atoms in total. The number of benzene rings is 1. The molecule has 0 spiro atoms. The quantitative estimate of drug-likeness (QED) is 0.812. The Morgan fingerprint density at radius 3 is 2.65 bits per heavy atom. The number of nitrogens with two attached hydrogens (primary N) is 1. The lowest BCUT2D eigenvalue weighted by molar-refractivity contribution is -0.127. The number of ether oxygens (including phenoxy) is 1. The van der Waals surface area contributed by atoms with Gasteiger partial charge >= 0.3 is 0 Å². The maximum absolute atomic E-state index is 11.8. The van der Waals surface area contributed by atoms with Crippen LogP contribution in [0, 0.1) is 5.92 Å². The van der Waals surface area contributed by atoms with E-state index in [4.69, 9.17) is 22.1 Å². The van der Waals surface area contributed by atoms with Crippen molar-refractivity contribution in [2.24, 2.45) is 11.7 Å². The molecule has 0 saturated carbocycles. The molecule has 0 heterocycles. The van der Waals surface area contributed by atoms with E-state index in [-0.39, 0.29) is 5.91 Å². The zero-order valence-electron chi connectivity index (χ0n) is 12.3. The molecule has 1 atom stereocenters. The highest BCUT2D eigenvalue weighted by atomic mass is 35.5. The SMILES string of the molecule is CC(C)CNC(=O)C(C)Oc1ccc(CCN)cc1Cl. The lowest BCUT2D eigenvalue weighted by Gasteiger charge is -2.17. The van der Waals surface area contributed by atoms with E-state index in [1.165, 1.54) is 0 Å². The van der Waals surface area contributed by atoms with Crippen LogP contribution in [0.4, 0.5) is 0 Å². The third-order valence-corrected chi connectivity index (χ3v) is 3.08. The Hall–Kier alpha value is -1.26. The number of hydrogen-bond acceptors (Lipinski definition) is 3. The van der Waals surface area contributed by atoms with E-state index in [0.29, 0.717) is 29.8 Å². The number of rotatable bonds is 7. The van der Waals surface area contributed by atoms with Gasteiger partial charge in [-0.15, -0.1) is 0 Å². The zero-order chi connectivity index (χ0) is 15.1. The Morgan fingerprint density at radius 2 is 2.10 bits per heavy atom. The van der Waals surface area contributed by atoms with Gasteiger partial charge in [-0.1, -0.05) is 31.5 Å². The summed E-state index contributed by atoms with van der Waals surface area (Å²) < 4.78 is 5.60. The van der Waals surface area contributed by atoms with Gasteiger partial charge in [-0.05, 0) is 43.5 Å². The van der Waals surface area contributed by atoms with Crippen molar-refractivity contribution in [3.63, 3.8) is 0 Å². The lowest BCUT2D eigenvalue weighted by Crippen LogP contribution is -2.38. The second kappa shape index (κ2) is 8.12. The minimum absolute atomic E-state index is 0.138. The van der Waals surface area contributed by atoms with Gasteiger partial charge in [0.05, 0.1) is 5.02 Å². The number of carbonyl (C=O) groups is 1. The van der Waals surface area contributed by atoms with Crippen LogP contribution in [-0.4, -0.2) is 25.1 Å². The highest BCUT2D eigenvalue weighted by Gasteiger charge is 2.16. The summed E-state index contributed by atoms with van der Waals surface area (Å²) in [6.45, 7) is 7.00. The summed E-state index contributed by atoms with van der Waals surface area (Å²) in [7, 11) is 0. The number of carbonyl (C=O) groups excluding carboxylic acids is 1. The summed E-state index contributed by atoms with van der Waals surface area (Å²) in [5, 5.41) is 3.33. The average Bonchev–Trinajstić information content (AvgIpc) is 2.39. The predicted octanol–water partition coefficient (Wildman–Crippen LogP) is 2.38. The van der Waals surface area contributed by atoms with E-state index in [1.807, 2.05) is 26.0 Å². The van der Waals surface area contributed by atoms with Crippen molar-refractivity contribution in [1.29, 1.82) is 0 Å². The second-order valence-corrected chi connectivity index (χ2v) is 5.61. The van der Waals surface area contributed by atoms with Crippen LogP contribution in [0.25, 0.3) is 0 Å². The molecular formula is C15H23ClN2O2. The molecule has 0 aliphatic carbocycles. The van der Waals surface area contributed by atoms with E-state index in [9.17, 15) is 4.79 Å². The summed E-state index contributed by atoms with van der Waals surface area (Å²) in [5.41, 5.74) is 6.56. The zero-order valence-corrected chi connectivity index (χ0v) is 13.0. The van der Waals surface area contributed by atoms with Crippen molar-refractivity contribution < 1.29 is 9.53 Å². The molecule has 1 aromatic carbocycles. The van der Waals surface area contributed by atoms with Crippen LogP contribution >= 0.6 is 11.6 Å². The van der Waals surface area contributed by atoms with E-state index in [2.05, 4.69) is 5.32 Å². The van der Waals surface area contributed by atoms with Crippen LogP contribution in [0.5, 0.6) is 5.75 Å². The minimum Gasteiger partial charge on any atom is -0.479 e. The molecule has 3 N–H and O–H groups in total. The van der Waals surface area contributed by atoms with E-state index in [1.54, 1.807) is 13.0 Å². The number of amides is 1. The fourth-order valence-corrected chi connectivity index (χ4v) is 1.90. The molecular weight excluding hydrogens is 276 g/mol. The minimum atomic E-state index is -0.577. The number of hydrogen-bond donors (Lipinski definition) is 2. The van der Waals surface area contributed by atoms with Gasteiger partial charge in [0.25, 0.3) is 5.91 Å². The Kier molecular flexibility index (Phi) is 6.82. The highest BCUT2D eigenvalue weighted by Crippen LogP contribution is 2.26. The standard InChI is InChI=1S/C15H23ClN2O2/c1-10(2)9-18-15(19)11(3)20-14-5-4-12(6-7-17)8-13(14)16/h4-5,8,10-11H,6-7,9,17H2,1-3H3,(H,18,19). The fraction of sp³-hybridized carbons (Fsp3) is 0.533. The topological polar surface area (TPSA) is 64.3 Å². The third kappa shape index (κ3) is 5.39. The Balaban J connectivity index is 2.61. The van der Waals surface area contributed by atoms with Crippen LogP contribution in [0.1, 0.15) is 26.3 Å². The van der Waals surface area contributed by atoms with Crippen molar-refractivity contribution in [2.45, 2.75) is 33.3 Å². The summed E-state index contributed by atoms with van der Waals surface area (Å²) in [4.78, 5) is 11.8. The predicted molar refractivity (Wildman–Crippen MR) is 82.1 cm³/mol. The summed E-state index contributed by atoms with van der Waals surface area (Å²) in [6, 6.07) is 5.51. The number of halogens is 1. The van der Waals surface area contributed by atoms with Crippen molar-refractivity contribution >= 4 is 17.5 Å². The smallest absolute Gasteiger partial charge is 0.260 e. The molecule has 0 aromatic heterocycles. The van der Waals surface area contributed by atoms with Gasteiger partial charge < -0.3 is 15.8 Å². The lowest BCUT2D eigenvalue weighted by atomic mass is 10.1. The maximum Gasteiger partial charge on any atom is 0.260 e. The Bertz CT molecular complexity index is 449. The first-order chi connectivity index (χ1) is 9.43. The summed E-state index contributed by atoms with van der Waals surface area (Å²) in [5.74, 6) is 0.783. The molecule has 112 valence electrons. The van der Waals surface area contributed by atoms with Gasteiger partial charge in [0.15, 0.2) is 6.10 Å². The van der Waals surface area contributed by atoms with Gasteiger partial charge in [-0.2, -0.15) is 0 Å². The first-order valence-electron chi connectivity index (χ1n) is 6.87. The molecule has 5 heteroatoms. The van der Waals surface area contributed by atoms with Crippen LogP contribution in [0.2, 0.25) is 5.02 Å². The molecule has 1 aromatic rings. The van der Waals surface area contributed by atoms with Crippen LogP contribution < -0.4 is 15.8 Å². The van der Waals surface area contributed by atoms with Gasteiger partial charge in [0.1, 0.15) is 5.75 Å². The molecule has 20 heavy (non-hydrogen) atoms. The molecule has 0 fully saturated rings. The molecule has 1 amide bonds. The number of nitrogens with one attached hydrogen (secondary N) is 1. The van der Waals surface area contributed by atoms with E-state index in [0.717, 1.165) is 12.0 Å². The largest absolute Gasteiger partial charge is 0.479 e. The van der Waals surface area contributed by atoms with Gasteiger partial charge in [0.2, 0.25) is 0 Å². The highest BCUT2D eigenvalue weighted by molar-refractivity contribution is 6.32. The normalized spacial score (nSPS) is 12.3. The molecule has 0 bridgehead atoms. The van der Waals surface area contributed by atoms with Gasteiger partial charge in [-0.3, -0.25) is 4.79 Å². The molecule has 1 rings (SSSR count). The first kappa shape index (κ1) is 16.8. The Labute approximate surface area is 125 Å². The average molecular weight is 299 g/mol. The molecule has 1 unspecified atom stereocenters. The second-order valence-electron chi connectivity index (χ2n) is 5.20. The molecule has 0 aliphatic rings. The fourth-order valence-electron chi connectivity index (χ4n) is 1.65. The van der Waals surface area contributed by atoms with Gasteiger partial charge in [-0.25, -0.2) is 0 Å². The third-order valence-electron chi connectivity index (χ3n) is 2.79. The Morgan fingerprint density at radius 1 is 1.40 bits per heavy atom. The summed E-state index contributed by atoms with van der Waals surface area (Å²) in [6.07, 6.45) is 0.191. The van der Waals surface area contributed by atoms with Crippen LogP contribution in [0.15, 0.2) is 18.2 Å². The molecule has 0 saturated heterocycles. The van der Waals surface area contributed by atoms with Crippen LogP contribution in [0.3, 0.4) is 0 Å². The molecule has 0 aliphatic heterocycles. The van der Waals surface area contributed by atoms with Crippen molar-refractivity contribution in [3.05, 3.63) is 28.8 Å². The van der Waals surface area contributed by atoms with Crippen molar-refractivity contribution in [2.75, 3.05) is 13.1 Å². The molecule has 0 radical (unpaired) electrons. The monoisotopic (exact) mass is 298 g/mol. The van der Waals surface area contributed by atoms with Gasteiger partial charge in [0, 0.05) is 6.54 Å². The first-order valence-corrected chi connectivity index (χ1v) is 7.24. The van der Waals surface area contributed by atoms with Crippen LogP contribution in [-0.2, 0) is 11.2 Å². The van der Waals surface area contributed by atoms with E-state index >= 15 is 0 Å². The van der Waals surface area contributed by atoms with E-state index < -0.39 is 6.10 Å². The summed E-state index contributed by atoms with van der Waals surface area (Å²) >= 11 is 6.14. The van der Waals surface area contributed by atoms with Crippen molar-refractivity contribution in [1.82, 2.24) is 5.32 Å².